The zero-order valence-corrected chi connectivity index (χ0v) is 30.2. The molecule has 0 saturated carbocycles. The van der Waals surface area contributed by atoms with Crippen LogP contribution in [0, 0.1) is 35.0 Å². The Kier molecular flexibility index (Phi) is 11.4. The molecular formula is C40H32F5N5O5S. The van der Waals surface area contributed by atoms with E-state index in [2.05, 4.69) is 20.8 Å². The van der Waals surface area contributed by atoms with Crippen molar-refractivity contribution in [2.45, 2.75) is 43.7 Å². The Morgan fingerprint density at radius 1 is 0.804 bits per heavy atom. The molecule has 16 heteroatoms. The first-order valence-corrected chi connectivity index (χ1v) is 18.2. The number of ether oxygens (including phenoxy) is 2. The van der Waals surface area contributed by atoms with Crippen molar-refractivity contribution in [3.63, 3.8) is 0 Å². The summed E-state index contributed by atoms with van der Waals surface area (Å²) >= 11 is 1.40. The molecule has 0 spiro atoms. The number of phenols is 1. The van der Waals surface area contributed by atoms with Gasteiger partial charge in [-0.2, -0.15) is 4.68 Å². The minimum Gasteiger partial charge on any atom is -0.508 e. The number of carbonyl (C=O) groups excluding carboxylic acids is 1. The van der Waals surface area contributed by atoms with Gasteiger partial charge in [-0.15, -0.1) is 5.10 Å². The second-order valence-corrected chi connectivity index (χ2v) is 14.0. The molecule has 6 aromatic rings. The number of nitrogens with one attached hydrogen (secondary N) is 1. The Labute approximate surface area is 320 Å². The fourth-order valence-corrected chi connectivity index (χ4v) is 7.35. The predicted molar refractivity (Wildman–Crippen MR) is 194 cm³/mol. The second kappa shape index (κ2) is 16.6. The van der Waals surface area contributed by atoms with Crippen molar-refractivity contribution in [3.8, 4) is 22.6 Å². The van der Waals surface area contributed by atoms with E-state index < -0.39 is 53.0 Å². The molecule has 1 aromatic heterocycles. The highest BCUT2D eigenvalue weighted by molar-refractivity contribution is 7.99. The maximum Gasteiger partial charge on any atom is 0.257 e. The number of benzene rings is 5. The van der Waals surface area contributed by atoms with Crippen molar-refractivity contribution in [1.29, 1.82) is 0 Å². The zero-order chi connectivity index (χ0) is 39.5. The summed E-state index contributed by atoms with van der Waals surface area (Å²) in [7, 11) is 0. The number of thioether (sulfide) groups is 1. The highest BCUT2D eigenvalue weighted by atomic mass is 32.2. The largest absolute Gasteiger partial charge is 0.508 e. The van der Waals surface area contributed by atoms with E-state index in [4.69, 9.17) is 9.47 Å². The number of aliphatic hydroxyl groups excluding tert-OH is 1. The molecule has 0 aliphatic carbocycles. The SMILES string of the molecule is C[C@H]1[C@@H](CSc2nnnn2-c2ccc(O)cc2)O[C@@H](c2cccc(-c3cccc(CNC(=O)c4c(F)c(F)c(F)c(F)c4F)c3)c2)O[C@H]1c1ccc(CO)cc1. The van der Waals surface area contributed by atoms with E-state index in [0.29, 0.717) is 33.3 Å². The second-order valence-electron chi connectivity index (χ2n) is 13.0. The van der Waals surface area contributed by atoms with Gasteiger partial charge in [0.15, 0.2) is 29.6 Å². The third-order valence-corrected chi connectivity index (χ3v) is 10.4. The Balaban J connectivity index is 1.11. The number of halogens is 5. The van der Waals surface area contributed by atoms with Crippen molar-refractivity contribution in [2.75, 3.05) is 5.75 Å². The number of aromatic nitrogens is 4. The monoisotopic (exact) mass is 789 g/mol. The molecule has 7 rings (SSSR count). The van der Waals surface area contributed by atoms with Gasteiger partial charge >= 0.3 is 0 Å². The van der Waals surface area contributed by atoms with Crippen LogP contribution >= 0.6 is 11.8 Å². The number of hydrogen-bond acceptors (Lipinski definition) is 9. The molecule has 0 bridgehead atoms. The van der Waals surface area contributed by atoms with Crippen LogP contribution < -0.4 is 5.32 Å². The van der Waals surface area contributed by atoms with Crippen LogP contribution in [0.3, 0.4) is 0 Å². The third kappa shape index (κ3) is 8.00. The molecular weight excluding hydrogens is 758 g/mol. The maximum absolute atomic E-state index is 14.2. The molecule has 1 aliphatic heterocycles. The first-order valence-electron chi connectivity index (χ1n) is 17.2. The van der Waals surface area contributed by atoms with Gasteiger partial charge in [0, 0.05) is 23.8 Å². The van der Waals surface area contributed by atoms with Gasteiger partial charge in [-0.1, -0.05) is 79.3 Å². The summed E-state index contributed by atoms with van der Waals surface area (Å²) in [5.41, 5.74) is 3.37. The van der Waals surface area contributed by atoms with Crippen molar-refractivity contribution in [1.82, 2.24) is 25.5 Å². The van der Waals surface area contributed by atoms with Crippen molar-refractivity contribution >= 4 is 17.7 Å². The minimum atomic E-state index is -2.35. The van der Waals surface area contributed by atoms with Crippen LogP contribution in [-0.2, 0) is 22.6 Å². The molecule has 10 nitrogen and oxygen atoms in total. The first kappa shape index (κ1) is 38.6. The summed E-state index contributed by atoms with van der Waals surface area (Å²) in [4.78, 5) is 12.6. The number of carbonyl (C=O) groups is 1. The van der Waals surface area contributed by atoms with E-state index in [1.807, 2.05) is 61.5 Å². The van der Waals surface area contributed by atoms with Gasteiger partial charge < -0.3 is 25.0 Å². The zero-order valence-electron chi connectivity index (χ0n) is 29.4. The number of aromatic hydroxyl groups is 1. The summed E-state index contributed by atoms with van der Waals surface area (Å²) in [5.74, 6) is -12.2. The van der Waals surface area contributed by atoms with E-state index in [0.717, 1.165) is 16.7 Å². The number of tetrazole rings is 1. The quantitative estimate of drug-likeness (QED) is 0.0522. The molecule has 3 N–H and O–H groups in total. The fourth-order valence-electron chi connectivity index (χ4n) is 6.29. The van der Waals surface area contributed by atoms with Crippen LogP contribution in [0.25, 0.3) is 16.8 Å². The van der Waals surface area contributed by atoms with Gasteiger partial charge in [0.05, 0.1) is 24.5 Å². The molecule has 56 heavy (non-hydrogen) atoms. The van der Waals surface area contributed by atoms with E-state index in [-0.39, 0.29) is 30.9 Å². The molecule has 4 atom stereocenters. The highest BCUT2D eigenvalue weighted by Crippen LogP contribution is 2.43. The number of nitrogens with zero attached hydrogens (tertiary/aromatic N) is 4. The lowest BCUT2D eigenvalue weighted by Crippen LogP contribution is -2.38. The van der Waals surface area contributed by atoms with Crippen LogP contribution in [0.1, 0.15) is 51.9 Å². The average molecular weight is 790 g/mol. The lowest BCUT2D eigenvalue weighted by atomic mass is 9.91. The Hall–Kier alpha value is -5.68. The maximum atomic E-state index is 14.2. The number of amides is 1. The lowest BCUT2D eigenvalue weighted by Gasteiger charge is -2.41. The third-order valence-electron chi connectivity index (χ3n) is 9.34. The van der Waals surface area contributed by atoms with Crippen LogP contribution in [0.5, 0.6) is 5.75 Å². The van der Waals surface area contributed by atoms with E-state index in [9.17, 15) is 37.0 Å². The molecule has 1 saturated heterocycles. The molecule has 288 valence electrons. The minimum absolute atomic E-state index is 0.103. The summed E-state index contributed by atoms with van der Waals surface area (Å²) in [6.07, 6.45) is -1.59. The highest BCUT2D eigenvalue weighted by Gasteiger charge is 2.39. The van der Waals surface area contributed by atoms with Crippen molar-refractivity contribution in [2.24, 2.45) is 5.92 Å². The molecule has 1 aliphatic rings. The Bertz CT molecular complexity index is 2340. The fraction of sp³-hybridized carbons (Fsp3) is 0.200. The summed E-state index contributed by atoms with van der Waals surface area (Å²) in [5, 5.41) is 34.3. The number of hydrogen-bond donors (Lipinski definition) is 3. The normalized spacial score (nSPS) is 18.2. The summed E-state index contributed by atoms with van der Waals surface area (Å²) in [6, 6.07) is 28.3. The van der Waals surface area contributed by atoms with Crippen LogP contribution in [0.15, 0.2) is 102 Å². The molecule has 5 aromatic carbocycles. The van der Waals surface area contributed by atoms with Gasteiger partial charge in [-0.3, -0.25) is 4.79 Å². The standard InChI is InChI=1S/C40H32F5N5O5S/c1-21-30(20-56-40-47-48-49-50(40)28-12-14-29(52)15-13-28)54-39(55-37(21)24-10-8-22(19-51)9-11-24)27-7-3-6-26(17-27)25-5-2-4-23(16-25)18-46-38(53)31-32(41)34(43)36(45)35(44)33(31)42/h2-17,21,30,37,39,51-52H,18-20H2,1H3,(H,46,53)/t21-,30+,37+,39+/m0/s1. The van der Waals surface area contributed by atoms with E-state index in [1.165, 1.54) is 11.8 Å². The van der Waals surface area contributed by atoms with Gasteiger partial charge in [0.1, 0.15) is 11.3 Å². The lowest BCUT2D eigenvalue weighted by molar-refractivity contribution is -0.268. The summed E-state index contributed by atoms with van der Waals surface area (Å²) < 4.78 is 84.2. The first-order chi connectivity index (χ1) is 27.0. The predicted octanol–water partition coefficient (Wildman–Crippen LogP) is 7.74. The van der Waals surface area contributed by atoms with Crippen LogP contribution in [-0.4, -0.2) is 48.2 Å². The van der Waals surface area contributed by atoms with E-state index in [1.54, 1.807) is 47.1 Å². The number of phenolic OH excluding ortho intramolecular Hbond substituents is 1. The molecule has 2 heterocycles. The van der Waals surface area contributed by atoms with Gasteiger partial charge in [0.2, 0.25) is 11.0 Å². The molecule has 1 amide bonds. The van der Waals surface area contributed by atoms with E-state index >= 15 is 0 Å². The molecule has 0 unspecified atom stereocenters. The van der Waals surface area contributed by atoms with Crippen LogP contribution in [0.4, 0.5) is 22.0 Å². The topological polar surface area (TPSA) is 132 Å². The molecule has 1 fully saturated rings. The smallest absolute Gasteiger partial charge is 0.257 e. The number of rotatable bonds is 11. The molecule has 0 radical (unpaired) electrons. The average Bonchev–Trinajstić information content (AvgIpc) is 3.70. The van der Waals surface area contributed by atoms with Crippen molar-refractivity contribution < 1.29 is 46.4 Å². The summed E-state index contributed by atoms with van der Waals surface area (Å²) in [6.45, 7) is 1.65. The van der Waals surface area contributed by atoms with Gasteiger partial charge in [-0.25, -0.2) is 22.0 Å². The van der Waals surface area contributed by atoms with Crippen molar-refractivity contribution in [3.05, 3.63) is 154 Å². The Morgan fingerprint density at radius 2 is 1.46 bits per heavy atom. The van der Waals surface area contributed by atoms with Gasteiger partial charge in [0.25, 0.3) is 5.91 Å². The number of aliphatic hydroxyl groups is 1. The van der Waals surface area contributed by atoms with Gasteiger partial charge in [-0.05, 0) is 74.6 Å². The Morgan fingerprint density at radius 3 is 2.16 bits per heavy atom. The van der Waals surface area contributed by atoms with Crippen LogP contribution in [0.2, 0.25) is 0 Å².